The Hall–Kier alpha value is -3.01. The van der Waals surface area contributed by atoms with E-state index in [1.54, 1.807) is 18.2 Å². The third kappa shape index (κ3) is 3.49. The van der Waals surface area contributed by atoms with Crippen LogP contribution < -0.4 is 16.5 Å². The highest BCUT2D eigenvalue weighted by atomic mass is 16.1. The van der Waals surface area contributed by atoms with Crippen LogP contribution in [-0.4, -0.2) is 13.8 Å². The van der Waals surface area contributed by atoms with Crippen molar-refractivity contribution >= 4 is 24.9 Å². The van der Waals surface area contributed by atoms with E-state index in [9.17, 15) is 4.79 Å². The maximum atomic E-state index is 12.7. The molecule has 3 nitrogen and oxygen atoms in total. The van der Waals surface area contributed by atoms with Gasteiger partial charge in [0.2, 0.25) is 0 Å². The summed E-state index contributed by atoms with van der Waals surface area (Å²) in [5.41, 5.74) is 9.22. The molecule has 0 aromatic heterocycles. The molecule has 24 heavy (non-hydrogen) atoms. The molecule has 0 fully saturated rings. The molecule has 0 atom stereocenters. The molecule has 3 N–H and O–H groups in total. The molecule has 0 aliphatic rings. The van der Waals surface area contributed by atoms with Gasteiger partial charge in [0.15, 0.2) is 0 Å². The molecule has 0 heterocycles. The second-order valence-electron chi connectivity index (χ2n) is 5.57. The summed E-state index contributed by atoms with van der Waals surface area (Å²) in [5, 5.41) is 3.06. The Morgan fingerprint density at radius 3 is 1.96 bits per heavy atom. The van der Waals surface area contributed by atoms with E-state index in [1.165, 1.54) is 0 Å². The molecule has 0 unspecified atom stereocenters. The van der Waals surface area contributed by atoms with E-state index in [2.05, 4.69) is 5.32 Å². The van der Waals surface area contributed by atoms with Crippen molar-refractivity contribution in [1.29, 1.82) is 0 Å². The first-order valence-corrected chi connectivity index (χ1v) is 7.71. The molecule has 0 saturated heterocycles. The fourth-order valence-corrected chi connectivity index (χ4v) is 2.63. The largest absolute Gasteiger partial charge is 0.398 e. The smallest absolute Gasteiger partial charge is 0.254 e. The van der Waals surface area contributed by atoms with E-state index in [-0.39, 0.29) is 11.9 Å². The van der Waals surface area contributed by atoms with Gasteiger partial charge in [0.05, 0.1) is 11.6 Å². The summed E-state index contributed by atoms with van der Waals surface area (Å²) in [6, 6.07) is 24.3. The molecule has 2 radical (unpaired) electrons. The van der Waals surface area contributed by atoms with Crippen LogP contribution in [0, 0.1) is 0 Å². The molecule has 0 bridgehead atoms. The fourth-order valence-electron chi connectivity index (χ4n) is 2.63. The van der Waals surface area contributed by atoms with E-state index < -0.39 is 0 Å². The van der Waals surface area contributed by atoms with E-state index in [0.717, 1.165) is 11.1 Å². The molecule has 3 rings (SSSR count). The third-order valence-electron chi connectivity index (χ3n) is 3.86. The summed E-state index contributed by atoms with van der Waals surface area (Å²) >= 11 is 0. The normalized spacial score (nSPS) is 10.5. The molecule has 0 aliphatic heterocycles. The molecular formula is C20H17BN2O. The van der Waals surface area contributed by atoms with Crippen molar-refractivity contribution < 1.29 is 4.79 Å². The lowest BCUT2D eigenvalue weighted by Crippen LogP contribution is -2.30. The minimum absolute atomic E-state index is 0.252. The molecule has 0 spiro atoms. The maximum absolute atomic E-state index is 12.7. The molecule has 116 valence electrons. The van der Waals surface area contributed by atoms with Crippen molar-refractivity contribution in [1.82, 2.24) is 5.32 Å². The van der Waals surface area contributed by atoms with Gasteiger partial charge in [0.1, 0.15) is 7.85 Å². The van der Waals surface area contributed by atoms with Crippen molar-refractivity contribution in [3.05, 3.63) is 95.6 Å². The third-order valence-corrected chi connectivity index (χ3v) is 3.86. The number of benzene rings is 3. The molecule has 3 aromatic carbocycles. The van der Waals surface area contributed by atoms with Crippen molar-refractivity contribution in [2.75, 3.05) is 5.73 Å². The molecule has 0 saturated carbocycles. The fraction of sp³-hybridized carbons (Fsp3) is 0.0500. The number of carbonyl (C=O) groups is 1. The van der Waals surface area contributed by atoms with Crippen LogP contribution in [0.1, 0.15) is 27.5 Å². The number of nitrogens with one attached hydrogen (secondary N) is 1. The first-order valence-electron chi connectivity index (χ1n) is 7.71. The Morgan fingerprint density at radius 1 is 0.875 bits per heavy atom. The second kappa shape index (κ2) is 7.05. The summed E-state index contributed by atoms with van der Waals surface area (Å²) in [5.74, 6) is -0.252. The number of anilines is 1. The average molecular weight is 312 g/mol. The molecular weight excluding hydrogens is 295 g/mol. The Labute approximate surface area is 142 Å². The van der Waals surface area contributed by atoms with Crippen LogP contribution in [-0.2, 0) is 0 Å². The van der Waals surface area contributed by atoms with E-state index in [0.29, 0.717) is 16.7 Å². The minimum Gasteiger partial charge on any atom is -0.398 e. The van der Waals surface area contributed by atoms with Gasteiger partial charge in [-0.25, -0.2) is 0 Å². The lowest BCUT2D eigenvalue weighted by atomic mass is 9.93. The topological polar surface area (TPSA) is 55.1 Å². The van der Waals surface area contributed by atoms with Crippen LogP contribution in [0.3, 0.4) is 0 Å². The Bertz CT molecular complexity index is 795. The van der Waals surface area contributed by atoms with Gasteiger partial charge in [-0.05, 0) is 17.2 Å². The van der Waals surface area contributed by atoms with Crippen LogP contribution in [0.15, 0.2) is 78.9 Å². The van der Waals surface area contributed by atoms with Gasteiger partial charge in [0, 0.05) is 5.69 Å². The summed E-state index contributed by atoms with van der Waals surface area (Å²) in [6.07, 6.45) is 0. The first-order chi connectivity index (χ1) is 11.6. The number of amides is 1. The Kier molecular flexibility index (Phi) is 4.66. The SMILES string of the molecule is [B]c1ccc(N)c(C(=O)NC(c2ccccc2)c2ccccc2)c1. The zero-order valence-corrected chi connectivity index (χ0v) is 13.1. The highest BCUT2D eigenvalue weighted by Crippen LogP contribution is 2.23. The molecule has 3 aromatic rings. The average Bonchev–Trinajstić information content (AvgIpc) is 2.63. The van der Waals surface area contributed by atoms with Crippen molar-refractivity contribution in [2.45, 2.75) is 6.04 Å². The number of hydrogen-bond acceptors (Lipinski definition) is 2. The number of rotatable bonds is 4. The van der Waals surface area contributed by atoms with Crippen molar-refractivity contribution in [3.63, 3.8) is 0 Å². The number of carbonyl (C=O) groups excluding carboxylic acids is 1. The van der Waals surface area contributed by atoms with E-state index in [1.807, 2.05) is 60.7 Å². The summed E-state index contributed by atoms with van der Waals surface area (Å²) in [6.45, 7) is 0. The second-order valence-corrected chi connectivity index (χ2v) is 5.57. The number of nitrogen functional groups attached to an aromatic ring is 1. The number of nitrogens with two attached hydrogens (primary N) is 1. The van der Waals surface area contributed by atoms with Crippen molar-refractivity contribution in [3.8, 4) is 0 Å². The van der Waals surface area contributed by atoms with E-state index in [4.69, 9.17) is 13.6 Å². The zero-order chi connectivity index (χ0) is 16.9. The highest BCUT2D eigenvalue weighted by Gasteiger charge is 2.18. The van der Waals surface area contributed by atoms with Crippen LogP contribution in [0.4, 0.5) is 5.69 Å². The predicted octanol–water partition coefficient (Wildman–Crippen LogP) is 2.58. The van der Waals surface area contributed by atoms with Crippen LogP contribution in [0.2, 0.25) is 0 Å². The van der Waals surface area contributed by atoms with Gasteiger partial charge in [-0.15, -0.1) is 0 Å². The molecule has 1 amide bonds. The summed E-state index contributed by atoms with van der Waals surface area (Å²) < 4.78 is 0. The Morgan fingerprint density at radius 2 is 1.42 bits per heavy atom. The van der Waals surface area contributed by atoms with E-state index >= 15 is 0 Å². The zero-order valence-electron chi connectivity index (χ0n) is 13.1. The molecule has 4 heteroatoms. The quantitative estimate of drug-likeness (QED) is 0.575. The lowest BCUT2D eigenvalue weighted by molar-refractivity contribution is 0.0944. The predicted molar refractivity (Wildman–Crippen MR) is 98.4 cm³/mol. The number of hydrogen-bond donors (Lipinski definition) is 2. The molecule has 0 aliphatic carbocycles. The monoisotopic (exact) mass is 312 g/mol. The van der Waals surface area contributed by atoms with Gasteiger partial charge in [-0.2, -0.15) is 0 Å². The van der Waals surface area contributed by atoms with Gasteiger partial charge in [0.25, 0.3) is 5.91 Å². The minimum atomic E-state index is -0.263. The Balaban J connectivity index is 1.95. The van der Waals surface area contributed by atoms with Crippen LogP contribution in [0.5, 0.6) is 0 Å². The maximum Gasteiger partial charge on any atom is 0.254 e. The first kappa shape index (κ1) is 15.9. The van der Waals surface area contributed by atoms with Crippen molar-refractivity contribution in [2.24, 2.45) is 0 Å². The van der Waals surface area contributed by atoms with Gasteiger partial charge in [-0.3, -0.25) is 4.79 Å². The van der Waals surface area contributed by atoms with Crippen LogP contribution in [0.25, 0.3) is 0 Å². The van der Waals surface area contributed by atoms with Gasteiger partial charge >= 0.3 is 0 Å². The highest BCUT2D eigenvalue weighted by molar-refractivity contribution is 6.33. The summed E-state index contributed by atoms with van der Waals surface area (Å²) in [4.78, 5) is 12.7. The lowest BCUT2D eigenvalue weighted by Gasteiger charge is -2.20. The standard InChI is InChI=1S/C20H17BN2O/c21-16-11-12-18(22)17(13-16)20(24)23-19(14-7-3-1-4-8-14)15-9-5-2-6-10-15/h1-13,19H,22H2,(H,23,24). The summed E-state index contributed by atoms with van der Waals surface area (Å²) in [7, 11) is 5.78. The van der Waals surface area contributed by atoms with Gasteiger partial charge < -0.3 is 11.1 Å². The van der Waals surface area contributed by atoms with Gasteiger partial charge in [-0.1, -0.05) is 78.3 Å². The van der Waals surface area contributed by atoms with Crippen LogP contribution >= 0.6 is 0 Å².